The standard InChI is InChI=1S/C10H15F5O/c1-2-3-4-5-6-7-16-9(12)8(11)10(13,14)15/h2-7H2,1H3. The number of rotatable bonds is 7. The van der Waals surface area contributed by atoms with Crippen LogP contribution in [0.4, 0.5) is 22.0 Å². The number of halogens is 5. The van der Waals surface area contributed by atoms with E-state index in [2.05, 4.69) is 4.74 Å². The van der Waals surface area contributed by atoms with E-state index in [4.69, 9.17) is 0 Å². The Morgan fingerprint density at radius 2 is 1.56 bits per heavy atom. The van der Waals surface area contributed by atoms with Crippen LogP contribution in [0.25, 0.3) is 0 Å². The highest BCUT2D eigenvalue weighted by Gasteiger charge is 2.39. The van der Waals surface area contributed by atoms with Gasteiger partial charge in [0.25, 0.3) is 5.83 Å². The average Bonchev–Trinajstić information content (AvgIpc) is 2.20. The van der Waals surface area contributed by atoms with Gasteiger partial charge in [-0.2, -0.15) is 22.0 Å². The Morgan fingerprint density at radius 3 is 2.06 bits per heavy atom. The van der Waals surface area contributed by atoms with Gasteiger partial charge < -0.3 is 4.74 Å². The lowest BCUT2D eigenvalue weighted by atomic mass is 10.2. The van der Waals surface area contributed by atoms with Crippen LogP contribution in [0.15, 0.2) is 11.8 Å². The first-order valence-electron chi connectivity index (χ1n) is 5.14. The van der Waals surface area contributed by atoms with Gasteiger partial charge >= 0.3 is 12.2 Å². The first-order chi connectivity index (χ1) is 7.39. The van der Waals surface area contributed by atoms with Crippen molar-refractivity contribution >= 4 is 0 Å². The van der Waals surface area contributed by atoms with Gasteiger partial charge in [-0.25, -0.2) is 0 Å². The molecular weight excluding hydrogens is 231 g/mol. The molecule has 0 fully saturated rings. The molecule has 96 valence electrons. The van der Waals surface area contributed by atoms with E-state index in [-0.39, 0.29) is 6.61 Å². The Labute approximate surface area is 91.3 Å². The number of ether oxygens (including phenoxy) is 1. The molecular formula is C10H15F5O. The molecule has 0 aromatic carbocycles. The molecule has 0 rings (SSSR count). The highest BCUT2D eigenvalue weighted by atomic mass is 19.4. The van der Waals surface area contributed by atoms with E-state index in [1.807, 2.05) is 6.92 Å². The monoisotopic (exact) mass is 246 g/mol. The molecule has 6 heteroatoms. The lowest BCUT2D eigenvalue weighted by Gasteiger charge is -2.06. The SMILES string of the molecule is CCCCCCCOC(F)=C(F)C(F)(F)F. The highest BCUT2D eigenvalue weighted by molar-refractivity contribution is 4.99. The van der Waals surface area contributed by atoms with Crippen LogP contribution < -0.4 is 0 Å². The summed E-state index contributed by atoms with van der Waals surface area (Å²) in [6, 6.07) is -2.18. The third-order valence-corrected chi connectivity index (χ3v) is 1.90. The second-order valence-corrected chi connectivity index (χ2v) is 3.35. The van der Waals surface area contributed by atoms with Crippen molar-refractivity contribution in [1.82, 2.24) is 0 Å². The molecule has 0 aromatic rings. The number of allylic oxidation sites excluding steroid dienone is 1. The molecule has 0 aromatic heterocycles. The second-order valence-electron chi connectivity index (χ2n) is 3.35. The number of hydrogen-bond acceptors (Lipinski definition) is 1. The predicted molar refractivity (Wildman–Crippen MR) is 50.0 cm³/mol. The molecule has 0 aliphatic heterocycles. The number of unbranched alkanes of at least 4 members (excludes halogenated alkanes) is 4. The molecule has 0 N–H and O–H groups in total. The Balaban J connectivity index is 3.77. The van der Waals surface area contributed by atoms with Crippen molar-refractivity contribution < 1.29 is 26.7 Å². The Kier molecular flexibility index (Phi) is 7.08. The van der Waals surface area contributed by atoms with Gasteiger partial charge in [0.2, 0.25) is 0 Å². The predicted octanol–water partition coefficient (Wildman–Crippen LogP) is 4.64. The minimum Gasteiger partial charge on any atom is -0.469 e. The Morgan fingerprint density at radius 1 is 1.00 bits per heavy atom. The molecule has 0 saturated carbocycles. The van der Waals surface area contributed by atoms with Crippen LogP contribution in [0.1, 0.15) is 39.0 Å². The van der Waals surface area contributed by atoms with Crippen LogP contribution in [0.2, 0.25) is 0 Å². The topological polar surface area (TPSA) is 9.23 Å². The summed E-state index contributed by atoms with van der Waals surface area (Å²) in [6.07, 6.45) is -1.22. The fourth-order valence-electron chi connectivity index (χ4n) is 1.04. The van der Waals surface area contributed by atoms with Crippen molar-refractivity contribution in [2.45, 2.75) is 45.2 Å². The zero-order valence-corrected chi connectivity index (χ0v) is 9.04. The number of alkyl halides is 3. The molecule has 0 saturated heterocycles. The smallest absolute Gasteiger partial charge is 0.449 e. The summed E-state index contributed by atoms with van der Waals surface area (Å²) in [4.78, 5) is 0. The van der Waals surface area contributed by atoms with Gasteiger partial charge in [0.15, 0.2) is 0 Å². The quantitative estimate of drug-likeness (QED) is 0.361. The van der Waals surface area contributed by atoms with Crippen LogP contribution in [0.5, 0.6) is 0 Å². The van der Waals surface area contributed by atoms with Crippen molar-refractivity contribution in [3.05, 3.63) is 11.8 Å². The van der Waals surface area contributed by atoms with Crippen molar-refractivity contribution in [3.8, 4) is 0 Å². The molecule has 0 atom stereocenters. The highest BCUT2D eigenvalue weighted by Crippen LogP contribution is 2.30. The van der Waals surface area contributed by atoms with Crippen LogP contribution in [0, 0.1) is 0 Å². The second kappa shape index (κ2) is 7.46. The fraction of sp³-hybridized carbons (Fsp3) is 0.800. The molecule has 0 unspecified atom stereocenters. The molecule has 0 aliphatic rings. The summed E-state index contributed by atoms with van der Waals surface area (Å²) < 4.78 is 63.5. The maximum absolute atomic E-state index is 12.4. The summed E-state index contributed by atoms with van der Waals surface area (Å²) in [6.45, 7) is 1.77. The number of hydrogen-bond donors (Lipinski definition) is 0. The fourth-order valence-corrected chi connectivity index (χ4v) is 1.04. The van der Waals surface area contributed by atoms with E-state index >= 15 is 0 Å². The lowest BCUT2D eigenvalue weighted by molar-refractivity contribution is -0.116. The summed E-state index contributed by atoms with van der Waals surface area (Å²) in [5.74, 6) is -2.80. The summed E-state index contributed by atoms with van der Waals surface area (Å²) in [5, 5.41) is 0. The van der Waals surface area contributed by atoms with E-state index in [9.17, 15) is 22.0 Å². The Hall–Kier alpha value is -0.810. The maximum Gasteiger partial charge on any atom is 0.449 e. The van der Waals surface area contributed by atoms with E-state index in [1.165, 1.54) is 0 Å². The minimum absolute atomic E-state index is 0.237. The molecule has 0 heterocycles. The summed E-state index contributed by atoms with van der Waals surface area (Å²) >= 11 is 0. The summed E-state index contributed by atoms with van der Waals surface area (Å²) in [5.41, 5.74) is 0. The third-order valence-electron chi connectivity index (χ3n) is 1.90. The Bertz CT molecular complexity index is 222. The largest absolute Gasteiger partial charge is 0.469 e. The van der Waals surface area contributed by atoms with Crippen LogP contribution in [-0.4, -0.2) is 12.8 Å². The first kappa shape index (κ1) is 15.2. The summed E-state index contributed by atoms with van der Waals surface area (Å²) in [7, 11) is 0. The van der Waals surface area contributed by atoms with Crippen LogP contribution in [0.3, 0.4) is 0 Å². The van der Waals surface area contributed by atoms with Crippen LogP contribution >= 0.6 is 0 Å². The third kappa shape index (κ3) is 6.63. The minimum atomic E-state index is -5.31. The van der Waals surface area contributed by atoms with Crippen molar-refractivity contribution in [2.24, 2.45) is 0 Å². The van der Waals surface area contributed by atoms with E-state index in [1.54, 1.807) is 0 Å². The van der Waals surface area contributed by atoms with Gasteiger partial charge in [-0.15, -0.1) is 0 Å². The average molecular weight is 246 g/mol. The molecule has 1 nitrogen and oxygen atoms in total. The van der Waals surface area contributed by atoms with Gasteiger partial charge in [0.1, 0.15) is 0 Å². The molecule has 0 spiro atoms. The molecule has 0 amide bonds. The van der Waals surface area contributed by atoms with Crippen LogP contribution in [-0.2, 0) is 4.74 Å². The molecule has 0 radical (unpaired) electrons. The normalized spacial score (nSPS) is 13.6. The lowest BCUT2D eigenvalue weighted by Crippen LogP contribution is -2.11. The molecule has 16 heavy (non-hydrogen) atoms. The van der Waals surface area contributed by atoms with Gasteiger partial charge in [-0.1, -0.05) is 32.6 Å². The van der Waals surface area contributed by atoms with E-state index < -0.39 is 18.0 Å². The van der Waals surface area contributed by atoms with Crippen molar-refractivity contribution in [1.29, 1.82) is 0 Å². The van der Waals surface area contributed by atoms with Gasteiger partial charge in [-0.3, -0.25) is 0 Å². The van der Waals surface area contributed by atoms with Crippen molar-refractivity contribution in [3.63, 3.8) is 0 Å². The molecule has 0 bridgehead atoms. The molecule has 0 aliphatic carbocycles. The van der Waals surface area contributed by atoms with E-state index in [0.29, 0.717) is 6.42 Å². The maximum atomic E-state index is 12.4. The first-order valence-corrected chi connectivity index (χ1v) is 5.14. The zero-order chi connectivity index (χ0) is 12.6. The van der Waals surface area contributed by atoms with Gasteiger partial charge in [0.05, 0.1) is 6.61 Å². The van der Waals surface area contributed by atoms with Crippen molar-refractivity contribution in [2.75, 3.05) is 6.61 Å². The zero-order valence-electron chi connectivity index (χ0n) is 9.04. The van der Waals surface area contributed by atoms with E-state index in [0.717, 1.165) is 25.7 Å². The van der Waals surface area contributed by atoms with Gasteiger partial charge in [0, 0.05) is 0 Å². The van der Waals surface area contributed by atoms with Gasteiger partial charge in [-0.05, 0) is 6.42 Å².